The number of carbonyl (C=O) groups is 1. The van der Waals surface area contributed by atoms with E-state index in [0.29, 0.717) is 5.91 Å². The van der Waals surface area contributed by atoms with Crippen LogP contribution in [-0.4, -0.2) is 29.4 Å². The number of nitrogens with one attached hydrogen (secondary N) is 1. The van der Waals surface area contributed by atoms with Crippen molar-refractivity contribution in [3.05, 3.63) is 24.0 Å². The van der Waals surface area contributed by atoms with Crippen LogP contribution < -0.4 is 0 Å². The van der Waals surface area contributed by atoms with E-state index in [1.165, 1.54) is 5.69 Å². The summed E-state index contributed by atoms with van der Waals surface area (Å²) in [7, 11) is 1.84. The Balaban J connectivity index is 0.000000132. The van der Waals surface area contributed by atoms with Crippen LogP contribution in [0.2, 0.25) is 0 Å². The first-order valence-electron chi connectivity index (χ1n) is 4.54. The van der Waals surface area contributed by atoms with Crippen molar-refractivity contribution in [2.75, 3.05) is 13.6 Å². The normalized spacial score (nSPS) is 15.5. The maximum atomic E-state index is 10.5. The van der Waals surface area contributed by atoms with Crippen LogP contribution in [0.25, 0.3) is 0 Å². The van der Waals surface area contributed by atoms with Crippen molar-refractivity contribution in [2.24, 2.45) is 0 Å². The number of rotatable bonds is 0. The lowest BCUT2D eigenvalue weighted by molar-refractivity contribution is -0.126. The first-order valence-corrected chi connectivity index (χ1v) is 4.54. The summed E-state index contributed by atoms with van der Waals surface area (Å²) in [4.78, 5) is 15.3. The molecule has 2 rings (SSSR count). The minimum absolute atomic E-state index is 0.292. The van der Waals surface area contributed by atoms with Gasteiger partial charge in [0.2, 0.25) is 5.91 Å². The van der Waals surface area contributed by atoms with Gasteiger partial charge >= 0.3 is 0 Å². The van der Waals surface area contributed by atoms with Gasteiger partial charge in [0.05, 0.1) is 0 Å². The molecule has 1 saturated heterocycles. The molecule has 1 aromatic rings. The summed E-state index contributed by atoms with van der Waals surface area (Å²) in [5, 5.41) is 0. The first kappa shape index (κ1) is 9.84. The van der Waals surface area contributed by atoms with Gasteiger partial charge in [0, 0.05) is 31.9 Å². The number of hydrogen-bond acceptors (Lipinski definition) is 1. The Morgan fingerprint density at radius 2 is 2.31 bits per heavy atom. The van der Waals surface area contributed by atoms with Crippen LogP contribution in [0.4, 0.5) is 0 Å². The van der Waals surface area contributed by atoms with Crippen molar-refractivity contribution in [3.8, 4) is 0 Å². The molecule has 2 heterocycles. The van der Waals surface area contributed by atoms with E-state index in [-0.39, 0.29) is 0 Å². The number of aromatic nitrogens is 1. The molecule has 0 aliphatic carbocycles. The van der Waals surface area contributed by atoms with Gasteiger partial charge in [-0.15, -0.1) is 0 Å². The molecule has 1 aliphatic rings. The molecule has 0 atom stereocenters. The molecule has 3 heteroatoms. The second-order valence-electron chi connectivity index (χ2n) is 3.27. The molecule has 1 aliphatic heterocycles. The zero-order valence-corrected chi connectivity index (χ0v) is 8.21. The molecule has 3 nitrogen and oxygen atoms in total. The number of nitrogens with zero attached hydrogens (tertiary/aromatic N) is 1. The fourth-order valence-corrected chi connectivity index (χ4v) is 1.20. The van der Waals surface area contributed by atoms with Crippen LogP contribution in [0.1, 0.15) is 18.5 Å². The number of amides is 1. The van der Waals surface area contributed by atoms with Crippen LogP contribution >= 0.6 is 0 Å². The third kappa shape index (κ3) is 3.32. The highest BCUT2D eigenvalue weighted by molar-refractivity contribution is 5.77. The van der Waals surface area contributed by atoms with Gasteiger partial charge in [-0.25, -0.2) is 0 Å². The summed E-state index contributed by atoms with van der Waals surface area (Å²) in [5.74, 6) is 0.292. The highest BCUT2D eigenvalue weighted by Crippen LogP contribution is 2.04. The summed E-state index contributed by atoms with van der Waals surface area (Å²) >= 11 is 0. The van der Waals surface area contributed by atoms with Crippen molar-refractivity contribution < 1.29 is 4.79 Å². The predicted molar refractivity (Wildman–Crippen MR) is 52.4 cm³/mol. The van der Waals surface area contributed by atoms with Crippen molar-refractivity contribution in [2.45, 2.75) is 19.8 Å². The number of likely N-dealkylation sites (tertiary alicyclic amines) is 1. The van der Waals surface area contributed by atoms with E-state index in [9.17, 15) is 4.79 Å². The number of carbonyl (C=O) groups excluding carboxylic acids is 1. The van der Waals surface area contributed by atoms with Crippen molar-refractivity contribution >= 4 is 5.91 Å². The van der Waals surface area contributed by atoms with Gasteiger partial charge in [0.1, 0.15) is 0 Å². The molecule has 1 fully saturated rings. The average Bonchev–Trinajstić information content (AvgIpc) is 2.67. The van der Waals surface area contributed by atoms with Crippen LogP contribution in [0.15, 0.2) is 18.3 Å². The molecule has 1 N–H and O–H groups in total. The molecule has 13 heavy (non-hydrogen) atoms. The summed E-state index contributed by atoms with van der Waals surface area (Å²) in [6.45, 7) is 2.98. The summed E-state index contributed by atoms with van der Waals surface area (Å²) in [6.07, 6.45) is 3.72. The Hall–Kier alpha value is -1.25. The van der Waals surface area contributed by atoms with Gasteiger partial charge < -0.3 is 9.88 Å². The van der Waals surface area contributed by atoms with Gasteiger partial charge in [0.15, 0.2) is 0 Å². The lowest BCUT2D eigenvalue weighted by Gasteiger charge is -2.03. The lowest BCUT2D eigenvalue weighted by atomic mass is 10.4. The fraction of sp³-hybridized carbons (Fsp3) is 0.500. The minimum Gasteiger partial charge on any atom is -0.365 e. The van der Waals surface area contributed by atoms with E-state index in [4.69, 9.17) is 0 Å². The van der Waals surface area contributed by atoms with Crippen LogP contribution in [0.3, 0.4) is 0 Å². The summed E-state index contributed by atoms with van der Waals surface area (Å²) < 4.78 is 0. The number of aryl methyl sites for hydroxylation is 1. The van der Waals surface area contributed by atoms with Crippen molar-refractivity contribution in [3.63, 3.8) is 0 Å². The predicted octanol–water partition coefficient (Wildman–Crippen LogP) is 1.56. The van der Waals surface area contributed by atoms with Gasteiger partial charge in [-0.2, -0.15) is 0 Å². The Morgan fingerprint density at radius 1 is 1.54 bits per heavy atom. The van der Waals surface area contributed by atoms with Crippen LogP contribution in [0.5, 0.6) is 0 Å². The van der Waals surface area contributed by atoms with Gasteiger partial charge in [0.25, 0.3) is 0 Å². The number of hydrogen-bond donors (Lipinski definition) is 1. The van der Waals surface area contributed by atoms with Gasteiger partial charge in [-0.3, -0.25) is 4.79 Å². The highest BCUT2D eigenvalue weighted by atomic mass is 16.2. The molecular formula is C10H16N2O. The average molecular weight is 180 g/mol. The lowest BCUT2D eigenvalue weighted by Crippen LogP contribution is -2.17. The third-order valence-electron chi connectivity index (χ3n) is 2.06. The van der Waals surface area contributed by atoms with Crippen molar-refractivity contribution in [1.29, 1.82) is 0 Å². The van der Waals surface area contributed by atoms with E-state index >= 15 is 0 Å². The molecule has 0 saturated carbocycles. The maximum Gasteiger partial charge on any atom is 0.222 e. The van der Waals surface area contributed by atoms with Gasteiger partial charge in [-0.1, -0.05) is 0 Å². The molecule has 0 spiro atoms. The van der Waals surface area contributed by atoms with Crippen LogP contribution in [-0.2, 0) is 4.79 Å². The standard InChI is InChI=1S/C5H9NO.C5H7N/c1-6-4-2-3-5(6)7;1-5-3-2-4-6-5/h2-4H2,1H3;2-4,6H,1H3. The van der Waals surface area contributed by atoms with E-state index in [2.05, 4.69) is 4.98 Å². The summed E-state index contributed by atoms with van der Waals surface area (Å²) in [6, 6.07) is 4.01. The third-order valence-corrected chi connectivity index (χ3v) is 2.06. The molecular weight excluding hydrogens is 164 g/mol. The fourth-order valence-electron chi connectivity index (χ4n) is 1.20. The van der Waals surface area contributed by atoms with Crippen molar-refractivity contribution in [1.82, 2.24) is 9.88 Å². The maximum absolute atomic E-state index is 10.5. The largest absolute Gasteiger partial charge is 0.365 e. The summed E-state index contributed by atoms with van der Waals surface area (Å²) in [5.41, 5.74) is 1.22. The molecule has 1 aromatic heterocycles. The highest BCUT2D eigenvalue weighted by Gasteiger charge is 2.14. The number of H-pyrrole nitrogens is 1. The number of aromatic amines is 1. The molecule has 0 radical (unpaired) electrons. The second-order valence-corrected chi connectivity index (χ2v) is 3.27. The SMILES string of the molecule is CN1CCCC1=O.Cc1ccc[nH]1. The topological polar surface area (TPSA) is 36.1 Å². The zero-order chi connectivity index (χ0) is 9.68. The van der Waals surface area contributed by atoms with E-state index in [1.54, 1.807) is 4.90 Å². The Bertz CT molecular complexity index is 254. The Labute approximate surface area is 78.8 Å². The molecule has 1 amide bonds. The minimum atomic E-state index is 0.292. The van der Waals surface area contributed by atoms with E-state index in [1.807, 2.05) is 32.3 Å². The van der Waals surface area contributed by atoms with Gasteiger partial charge in [-0.05, 0) is 25.5 Å². The molecule has 0 bridgehead atoms. The van der Waals surface area contributed by atoms with E-state index in [0.717, 1.165) is 19.4 Å². The zero-order valence-electron chi connectivity index (χ0n) is 8.21. The monoisotopic (exact) mass is 180 g/mol. The van der Waals surface area contributed by atoms with E-state index < -0.39 is 0 Å². The second kappa shape index (κ2) is 4.70. The molecule has 0 aromatic carbocycles. The first-order chi connectivity index (χ1) is 6.20. The Morgan fingerprint density at radius 3 is 2.46 bits per heavy atom. The smallest absolute Gasteiger partial charge is 0.222 e. The van der Waals surface area contributed by atoms with Crippen LogP contribution in [0, 0.1) is 6.92 Å². The Kier molecular flexibility index (Phi) is 3.55. The molecule has 0 unspecified atom stereocenters. The quantitative estimate of drug-likeness (QED) is 0.646. The molecule has 72 valence electrons.